The Morgan fingerprint density at radius 2 is 1.52 bits per heavy atom. The van der Waals surface area contributed by atoms with E-state index in [2.05, 4.69) is 20.1 Å². The molecule has 1 aliphatic carbocycles. The van der Waals surface area contributed by atoms with E-state index in [1.807, 2.05) is 0 Å². The van der Waals surface area contributed by atoms with Crippen LogP contribution in [0.15, 0.2) is 10.2 Å². The van der Waals surface area contributed by atoms with Gasteiger partial charge in [-0.1, -0.05) is 10.2 Å². The zero-order valence-corrected chi connectivity index (χ0v) is 11.4. The SMILES string of the molecule is CC(=O)OC1[C@@H](OC(C)=O)[C@H](O)C(N=[N+]=[N-])C[C@H]1N=[N+]=[N-]. The Morgan fingerprint density at radius 3 is 2.00 bits per heavy atom. The van der Waals surface area contributed by atoms with Crippen molar-refractivity contribution in [2.75, 3.05) is 0 Å². The smallest absolute Gasteiger partial charge is 0.303 e. The molecule has 21 heavy (non-hydrogen) atoms. The average molecular weight is 298 g/mol. The van der Waals surface area contributed by atoms with Gasteiger partial charge in [0.1, 0.15) is 12.2 Å². The highest BCUT2D eigenvalue weighted by atomic mass is 16.6. The summed E-state index contributed by atoms with van der Waals surface area (Å²) in [5.74, 6) is -1.41. The highest BCUT2D eigenvalue weighted by Crippen LogP contribution is 2.30. The number of hydrogen-bond acceptors (Lipinski definition) is 7. The third kappa shape index (κ3) is 4.25. The molecule has 1 fully saturated rings. The molecule has 1 aliphatic rings. The monoisotopic (exact) mass is 298 g/mol. The van der Waals surface area contributed by atoms with Crippen molar-refractivity contribution in [3.05, 3.63) is 20.9 Å². The van der Waals surface area contributed by atoms with Gasteiger partial charge in [-0.05, 0) is 17.5 Å². The molecule has 0 bridgehead atoms. The summed E-state index contributed by atoms with van der Waals surface area (Å²) in [6, 6.07) is -1.90. The van der Waals surface area contributed by atoms with Gasteiger partial charge in [-0.2, -0.15) is 0 Å². The van der Waals surface area contributed by atoms with Crippen molar-refractivity contribution < 1.29 is 24.2 Å². The third-order valence-corrected chi connectivity index (χ3v) is 2.92. The van der Waals surface area contributed by atoms with Crippen molar-refractivity contribution in [2.45, 2.75) is 50.7 Å². The van der Waals surface area contributed by atoms with Crippen LogP contribution in [0.2, 0.25) is 0 Å². The van der Waals surface area contributed by atoms with E-state index in [1.165, 1.54) is 0 Å². The highest BCUT2D eigenvalue weighted by Gasteiger charge is 2.47. The Hall–Kier alpha value is -2.48. The number of aliphatic hydroxyl groups is 1. The van der Waals surface area contributed by atoms with Gasteiger partial charge in [-0.15, -0.1) is 0 Å². The number of aliphatic hydroxyl groups excluding tert-OH is 1. The van der Waals surface area contributed by atoms with Crippen LogP contribution in [0.5, 0.6) is 0 Å². The molecule has 114 valence electrons. The molecule has 0 saturated heterocycles. The lowest BCUT2D eigenvalue weighted by molar-refractivity contribution is -0.184. The van der Waals surface area contributed by atoms with Crippen molar-refractivity contribution in [3.63, 3.8) is 0 Å². The van der Waals surface area contributed by atoms with Gasteiger partial charge < -0.3 is 14.6 Å². The summed E-state index contributed by atoms with van der Waals surface area (Å²) < 4.78 is 9.93. The molecule has 1 N–H and O–H groups in total. The number of azide groups is 2. The zero-order chi connectivity index (χ0) is 16.0. The van der Waals surface area contributed by atoms with Crippen molar-refractivity contribution >= 4 is 11.9 Å². The minimum absolute atomic E-state index is 0.0367. The fourth-order valence-corrected chi connectivity index (χ4v) is 2.18. The van der Waals surface area contributed by atoms with Gasteiger partial charge in [-0.3, -0.25) is 9.59 Å². The number of hydrogen-bond donors (Lipinski definition) is 1. The molecule has 1 rings (SSSR count). The molecule has 2 unspecified atom stereocenters. The fraction of sp³-hybridized carbons (Fsp3) is 0.800. The number of ether oxygens (including phenoxy) is 2. The maximum absolute atomic E-state index is 11.1. The first-order valence-corrected chi connectivity index (χ1v) is 6.01. The number of carbonyl (C=O) groups excluding carboxylic acids is 2. The van der Waals surface area contributed by atoms with E-state index in [0.717, 1.165) is 13.8 Å². The molecule has 5 atom stereocenters. The Labute approximate surface area is 119 Å². The number of nitrogens with zero attached hydrogens (tertiary/aromatic N) is 6. The second-order valence-corrected chi connectivity index (χ2v) is 4.42. The third-order valence-electron chi connectivity index (χ3n) is 2.92. The summed E-state index contributed by atoms with van der Waals surface area (Å²) in [6.07, 6.45) is -3.85. The van der Waals surface area contributed by atoms with Gasteiger partial charge in [-0.25, -0.2) is 0 Å². The lowest BCUT2D eigenvalue weighted by Gasteiger charge is -2.40. The highest BCUT2D eigenvalue weighted by molar-refractivity contribution is 5.67. The van der Waals surface area contributed by atoms with Crippen molar-refractivity contribution in [1.82, 2.24) is 0 Å². The molecular formula is C10H14N6O5. The van der Waals surface area contributed by atoms with Crippen LogP contribution in [-0.2, 0) is 19.1 Å². The Morgan fingerprint density at radius 1 is 1.05 bits per heavy atom. The predicted octanol–water partition coefficient (Wildman–Crippen LogP) is 0.972. The standard InChI is InChI=1S/C10H14N6O5/c1-4(17)20-9-7(14-16-12)3-6(13-15-11)8(19)10(9)21-5(2)18/h6-10,19H,3H2,1-2H3/t6?,7-,8-,9?,10+/m1/s1. The molecule has 11 nitrogen and oxygen atoms in total. The van der Waals surface area contributed by atoms with Gasteiger partial charge >= 0.3 is 11.9 Å². The summed E-state index contributed by atoms with van der Waals surface area (Å²) in [5, 5.41) is 17.0. The van der Waals surface area contributed by atoms with E-state index in [-0.39, 0.29) is 6.42 Å². The largest absolute Gasteiger partial charge is 0.458 e. The maximum atomic E-state index is 11.1. The van der Waals surface area contributed by atoms with E-state index in [1.54, 1.807) is 0 Å². The topological polar surface area (TPSA) is 170 Å². The number of carbonyl (C=O) groups is 2. The molecule has 0 radical (unpaired) electrons. The first-order valence-electron chi connectivity index (χ1n) is 6.01. The summed E-state index contributed by atoms with van der Waals surface area (Å²) in [5.41, 5.74) is 17.0. The van der Waals surface area contributed by atoms with Crippen LogP contribution >= 0.6 is 0 Å². The van der Waals surface area contributed by atoms with Gasteiger partial charge in [0.15, 0.2) is 6.10 Å². The fourth-order valence-electron chi connectivity index (χ4n) is 2.18. The van der Waals surface area contributed by atoms with Gasteiger partial charge in [0.25, 0.3) is 0 Å². The van der Waals surface area contributed by atoms with Crippen molar-refractivity contribution in [1.29, 1.82) is 0 Å². The molecule has 0 aromatic rings. The second kappa shape index (κ2) is 7.34. The van der Waals surface area contributed by atoms with Crippen molar-refractivity contribution in [3.8, 4) is 0 Å². The summed E-state index contributed by atoms with van der Waals surface area (Å²) in [7, 11) is 0. The van der Waals surface area contributed by atoms with Crippen LogP contribution in [0.1, 0.15) is 20.3 Å². The minimum Gasteiger partial charge on any atom is -0.458 e. The second-order valence-electron chi connectivity index (χ2n) is 4.42. The normalized spacial score (nSPS) is 31.3. The Bertz CT molecular complexity index is 512. The lowest BCUT2D eigenvalue weighted by Crippen LogP contribution is -2.57. The quantitative estimate of drug-likeness (QED) is 0.352. The zero-order valence-electron chi connectivity index (χ0n) is 11.4. The van der Waals surface area contributed by atoms with E-state index in [0.29, 0.717) is 0 Å². The van der Waals surface area contributed by atoms with Gasteiger partial charge in [0, 0.05) is 23.7 Å². The van der Waals surface area contributed by atoms with Crippen LogP contribution in [-0.4, -0.2) is 47.4 Å². The summed E-state index contributed by atoms with van der Waals surface area (Å²) in [4.78, 5) is 27.5. The van der Waals surface area contributed by atoms with Crippen LogP contribution in [0.3, 0.4) is 0 Å². The van der Waals surface area contributed by atoms with Gasteiger partial charge in [0.05, 0.1) is 12.1 Å². The van der Waals surface area contributed by atoms with E-state index in [9.17, 15) is 14.7 Å². The van der Waals surface area contributed by atoms with E-state index >= 15 is 0 Å². The summed E-state index contributed by atoms with van der Waals surface area (Å²) in [6.45, 7) is 2.24. The first kappa shape index (κ1) is 16.6. The maximum Gasteiger partial charge on any atom is 0.303 e. The number of rotatable bonds is 4. The molecule has 0 heterocycles. The van der Waals surface area contributed by atoms with Crippen molar-refractivity contribution in [2.24, 2.45) is 10.2 Å². The summed E-state index contributed by atoms with van der Waals surface area (Å²) >= 11 is 0. The molecule has 11 heteroatoms. The average Bonchev–Trinajstić information content (AvgIpc) is 2.38. The molecule has 0 aromatic carbocycles. The van der Waals surface area contributed by atoms with E-state index in [4.69, 9.17) is 20.5 Å². The van der Waals surface area contributed by atoms with Crippen LogP contribution in [0, 0.1) is 0 Å². The molecular weight excluding hydrogens is 284 g/mol. The molecule has 0 amide bonds. The minimum atomic E-state index is -1.38. The lowest BCUT2D eigenvalue weighted by atomic mass is 9.84. The molecule has 0 spiro atoms. The molecule has 0 aliphatic heterocycles. The number of esters is 2. The van der Waals surface area contributed by atoms with Gasteiger partial charge in [0.2, 0.25) is 0 Å². The molecule has 1 saturated carbocycles. The van der Waals surface area contributed by atoms with E-state index < -0.39 is 42.3 Å². The van der Waals surface area contributed by atoms with Crippen LogP contribution < -0.4 is 0 Å². The van der Waals surface area contributed by atoms with Crippen LogP contribution in [0.4, 0.5) is 0 Å². The van der Waals surface area contributed by atoms with Crippen LogP contribution in [0.25, 0.3) is 20.9 Å². The molecule has 0 aromatic heterocycles. The Kier molecular flexibility index (Phi) is 5.79. The predicted molar refractivity (Wildman–Crippen MR) is 67.6 cm³/mol. The Balaban J connectivity index is 3.17. The first-order chi connectivity index (χ1) is 9.90.